The Morgan fingerprint density at radius 2 is 1.73 bits per heavy atom. The lowest BCUT2D eigenvalue weighted by molar-refractivity contribution is 0.0746. The van der Waals surface area contributed by atoms with E-state index in [9.17, 15) is 17.6 Å². The predicted octanol–water partition coefficient (Wildman–Crippen LogP) is 2.85. The number of hydrogen-bond donors (Lipinski definition) is 0. The number of carbonyl (C=O) groups is 1. The number of nitrogens with zero attached hydrogens (tertiary/aromatic N) is 2. The van der Waals surface area contributed by atoms with Gasteiger partial charge in [0.1, 0.15) is 5.82 Å². The van der Waals surface area contributed by atoms with Crippen molar-refractivity contribution in [2.24, 2.45) is 0 Å². The first kappa shape index (κ1) is 18.7. The third kappa shape index (κ3) is 3.83. The van der Waals surface area contributed by atoms with Crippen LogP contribution in [0.25, 0.3) is 0 Å². The Labute approximate surface area is 156 Å². The third-order valence-corrected chi connectivity index (χ3v) is 5.92. The second-order valence-electron chi connectivity index (χ2n) is 6.15. The maximum atomic E-state index is 13.9. The molecule has 1 aliphatic heterocycles. The van der Waals surface area contributed by atoms with Crippen LogP contribution in [0.1, 0.15) is 10.4 Å². The molecule has 1 amide bonds. The molecule has 138 valence electrons. The van der Waals surface area contributed by atoms with Gasteiger partial charge in [0.05, 0.1) is 15.6 Å². The summed E-state index contributed by atoms with van der Waals surface area (Å²) < 4.78 is 37.5. The number of para-hydroxylation sites is 1. The molecule has 8 heteroatoms. The number of anilines is 1. The predicted molar refractivity (Wildman–Crippen MR) is 99.1 cm³/mol. The number of halogens is 2. The highest BCUT2D eigenvalue weighted by Crippen LogP contribution is 2.24. The summed E-state index contributed by atoms with van der Waals surface area (Å²) in [6.45, 7) is 1.84. The summed E-state index contributed by atoms with van der Waals surface area (Å²) in [5.74, 6) is -0.553. The second-order valence-corrected chi connectivity index (χ2v) is 8.54. The van der Waals surface area contributed by atoms with Crippen molar-refractivity contribution in [3.05, 3.63) is 58.9 Å². The third-order valence-electron chi connectivity index (χ3n) is 4.34. The molecule has 26 heavy (non-hydrogen) atoms. The van der Waals surface area contributed by atoms with Crippen molar-refractivity contribution >= 4 is 33.0 Å². The van der Waals surface area contributed by atoms with E-state index in [1.807, 2.05) is 4.90 Å². The highest BCUT2D eigenvalue weighted by Gasteiger charge is 2.25. The Morgan fingerprint density at radius 3 is 2.35 bits per heavy atom. The molecule has 2 aromatic rings. The maximum absolute atomic E-state index is 13.9. The van der Waals surface area contributed by atoms with E-state index >= 15 is 0 Å². The van der Waals surface area contributed by atoms with Gasteiger partial charge in [0.2, 0.25) is 0 Å². The minimum Gasteiger partial charge on any atom is -0.366 e. The van der Waals surface area contributed by atoms with Gasteiger partial charge in [-0.15, -0.1) is 0 Å². The van der Waals surface area contributed by atoms with Gasteiger partial charge in [0, 0.05) is 38.0 Å². The van der Waals surface area contributed by atoms with Crippen LogP contribution in [0.3, 0.4) is 0 Å². The van der Waals surface area contributed by atoms with E-state index in [2.05, 4.69) is 0 Å². The number of carbonyl (C=O) groups excluding carboxylic acids is 1. The number of piperazine rings is 1. The SMILES string of the molecule is CS(=O)(=O)c1cc(C(=O)N2CCN(c3ccccc3F)CC2)ccc1Cl. The van der Waals surface area contributed by atoms with Gasteiger partial charge < -0.3 is 9.80 Å². The van der Waals surface area contributed by atoms with Crippen LogP contribution >= 0.6 is 11.6 Å². The molecule has 0 atom stereocenters. The summed E-state index contributed by atoms with van der Waals surface area (Å²) in [6.07, 6.45) is 1.05. The van der Waals surface area contributed by atoms with Gasteiger partial charge in [-0.05, 0) is 30.3 Å². The summed E-state index contributed by atoms with van der Waals surface area (Å²) in [6, 6.07) is 10.8. The molecule has 2 aromatic carbocycles. The smallest absolute Gasteiger partial charge is 0.254 e. The number of benzene rings is 2. The molecule has 0 aromatic heterocycles. The van der Waals surface area contributed by atoms with E-state index in [1.54, 1.807) is 23.1 Å². The molecule has 3 rings (SSSR count). The molecule has 0 N–H and O–H groups in total. The van der Waals surface area contributed by atoms with Gasteiger partial charge in [-0.3, -0.25) is 4.79 Å². The normalized spacial score (nSPS) is 15.2. The quantitative estimate of drug-likeness (QED) is 0.800. The van der Waals surface area contributed by atoms with Gasteiger partial charge >= 0.3 is 0 Å². The highest BCUT2D eigenvalue weighted by atomic mass is 35.5. The number of rotatable bonds is 3. The fourth-order valence-electron chi connectivity index (χ4n) is 2.96. The maximum Gasteiger partial charge on any atom is 0.254 e. The van der Waals surface area contributed by atoms with Crippen LogP contribution in [-0.4, -0.2) is 51.7 Å². The zero-order chi connectivity index (χ0) is 18.9. The summed E-state index contributed by atoms with van der Waals surface area (Å²) in [5, 5.41) is 0.0911. The highest BCUT2D eigenvalue weighted by molar-refractivity contribution is 7.90. The first-order chi connectivity index (χ1) is 12.3. The molecule has 1 saturated heterocycles. The average Bonchev–Trinajstić information content (AvgIpc) is 2.61. The van der Waals surface area contributed by atoms with Crippen molar-refractivity contribution in [2.75, 3.05) is 37.3 Å². The molecular formula is C18H18ClFN2O3S. The molecule has 1 heterocycles. The number of amides is 1. The molecule has 0 aliphatic carbocycles. The zero-order valence-corrected chi connectivity index (χ0v) is 15.7. The Morgan fingerprint density at radius 1 is 1.08 bits per heavy atom. The van der Waals surface area contributed by atoms with Gasteiger partial charge in [0.25, 0.3) is 5.91 Å². The van der Waals surface area contributed by atoms with E-state index < -0.39 is 9.84 Å². The fourth-order valence-corrected chi connectivity index (χ4v) is 4.26. The molecule has 0 saturated carbocycles. The van der Waals surface area contributed by atoms with Gasteiger partial charge in [0.15, 0.2) is 9.84 Å². The molecule has 0 unspecified atom stereocenters. The molecule has 0 bridgehead atoms. The van der Waals surface area contributed by atoms with E-state index in [1.165, 1.54) is 24.3 Å². The molecule has 1 fully saturated rings. The molecular weight excluding hydrogens is 379 g/mol. The van der Waals surface area contributed by atoms with E-state index in [4.69, 9.17) is 11.6 Å². The van der Waals surface area contributed by atoms with Crippen LogP contribution in [0.5, 0.6) is 0 Å². The number of hydrogen-bond acceptors (Lipinski definition) is 4. The molecule has 0 radical (unpaired) electrons. The Kier molecular flexibility index (Phi) is 5.20. The lowest BCUT2D eigenvalue weighted by Gasteiger charge is -2.36. The summed E-state index contributed by atoms with van der Waals surface area (Å²) in [5.41, 5.74) is 0.791. The van der Waals surface area contributed by atoms with Crippen molar-refractivity contribution < 1.29 is 17.6 Å². The second kappa shape index (κ2) is 7.25. The van der Waals surface area contributed by atoms with Crippen LogP contribution in [0.4, 0.5) is 10.1 Å². The van der Waals surface area contributed by atoms with Crippen LogP contribution in [0.2, 0.25) is 5.02 Å². The minimum absolute atomic E-state index is 0.0602. The van der Waals surface area contributed by atoms with Crippen molar-refractivity contribution in [1.29, 1.82) is 0 Å². The Balaban J connectivity index is 1.74. The van der Waals surface area contributed by atoms with Gasteiger partial charge in [-0.25, -0.2) is 12.8 Å². The first-order valence-electron chi connectivity index (χ1n) is 8.06. The van der Waals surface area contributed by atoms with E-state index in [0.717, 1.165) is 6.26 Å². The van der Waals surface area contributed by atoms with Gasteiger partial charge in [-0.1, -0.05) is 23.7 Å². The standard InChI is InChI=1S/C18H18ClFN2O3S/c1-26(24,25)17-12-13(6-7-14(17)19)18(23)22-10-8-21(9-11-22)16-5-3-2-4-15(16)20/h2-7,12H,8-11H2,1H3. The van der Waals surface area contributed by atoms with Crippen molar-refractivity contribution in [2.45, 2.75) is 4.90 Å². The summed E-state index contributed by atoms with van der Waals surface area (Å²) in [4.78, 5) is 16.2. The summed E-state index contributed by atoms with van der Waals surface area (Å²) >= 11 is 5.93. The van der Waals surface area contributed by atoms with E-state index in [0.29, 0.717) is 31.9 Å². The van der Waals surface area contributed by atoms with E-state index in [-0.39, 0.29) is 27.2 Å². The van der Waals surface area contributed by atoms with Crippen LogP contribution < -0.4 is 4.90 Å². The molecule has 1 aliphatic rings. The zero-order valence-electron chi connectivity index (χ0n) is 14.2. The fraction of sp³-hybridized carbons (Fsp3) is 0.278. The monoisotopic (exact) mass is 396 g/mol. The Bertz CT molecular complexity index is 941. The minimum atomic E-state index is -3.52. The number of sulfone groups is 1. The first-order valence-corrected chi connectivity index (χ1v) is 10.3. The average molecular weight is 397 g/mol. The van der Waals surface area contributed by atoms with Crippen molar-refractivity contribution in [1.82, 2.24) is 4.90 Å². The summed E-state index contributed by atoms with van der Waals surface area (Å²) in [7, 11) is -3.52. The van der Waals surface area contributed by atoms with Crippen LogP contribution in [0, 0.1) is 5.82 Å². The van der Waals surface area contributed by atoms with Crippen molar-refractivity contribution in [3.63, 3.8) is 0 Å². The lowest BCUT2D eigenvalue weighted by atomic mass is 10.1. The topological polar surface area (TPSA) is 57.7 Å². The molecule has 0 spiro atoms. The molecule has 5 nitrogen and oxygen atoms in total. The Hall–Kier alpha value is -2.12. The van der Waals surface area contributed by atoms with Crippen LogP contribution in [0.15, 0.2) is 47.4 Å². The van der Waals surface area contributed by atoms with Crippen molar-refractivity contribution in [3.8, 4) is 0 Å². The van der Waals surface area contributed by atoms with Gasteiger partial charge in [-0.2, -0.15) is 0 Å². The lowest BCUT2D eigenvalue weighted by Crippen LogP contribution is -2.49. The van der Waals surface area contributed by atoms with Crippen LogP contribution in [-0.2, 0) is 9.84 Å². The largest absolute Gasteiger partial charge is 0.366 e.